The highest BCUT2D eigenvalue weighted by atomic mass is 32.1. The Hall–Kier alpha value is -2.21. The van der Waals surface area contributed by atoms with Crippen molar-refractivity contribution >= 4 is 27.2 Å². The number of alkyl halides is 1. The lowest BCUT2D eigenvalue weighted by atomic mass is 10.2. The Kier molecular flexibility index (Phi) is 4.48. The van der Waals surface area contributed by atoms with Crippen molar-refractivity contribution in [1.29, 1.82) is 0 Å². The summed E-state index contributed by atoms with van der Waals surface area (Å²) >= 11 is 1.64. The third kappa shape index (κ3) is 3.17. The van der Waals surface area contributed by atoms with Gasteiger partial charge in [-0.2, -0.15) is 0 Å². The van der Waals surface area contributed by atoms with Crippen LogP contribution in [0, 0.1) is 0 Å². The normalized spacial score (nSPS) is 10.8. The quantitative estimate of drug-likeness (QED) is 0.694. The fraction of sp³-hybridized carbons (Fsp3) is 0.250. The van der Waals surface area contributed by atoms with E-state index >= 15 is 0 Å². The third-order valence-electron chi connectivity index (χ3n) is 3.21. The van der Waals surface area contributed by atoms with Crippen LogP contribution in [0.4, 0.5) is 10.2 Å². The zero-order chi connectivity index (χ0) is 15.4. The second-order valence-corrected chi connectivity index (χ2v) is 5.84. The summed E-state index contributed by atoms with van der Waals surface area (Å²) in [5.41, 5.74) is 0.847. The smallest absolute Gasteiger partial charge is 0.148 e. The summed E-state index contributed by atoms with van der Waals surface area (Å²) in [6, 6.07) is 11.8. The molecule has 1 N–H and O–H groups in total. The fourth-order valence-corrected chi connectivity index (χ4v) is 3.13. The molecule has 22 heavy (non-hydrogen) atoms. The van der Waals surface area contributed by atoms with Crippen molar-refractivity contribution in [2.75, 3.05) is 25.6 Å². The van der Waals surface area contributed by atoms with E-state index in [0.29, 0.717) is 13.0 Å². The van der Waals surface area contributed by atoms with Crippen molar-refractivity contribution in [3.8, 4) is 16.3 Å². The van der Waals surface area contributed by atoms with E-state index in [4.69, 9.17) is 4.74 Å². The predicted molar refractivity (Wildman–Crippen MR) is 88.5 cm³/mol. The summed E-state index contributed by atoms with van der Waals surface area (Å²) in [4.78, 5) is 1.06. The van der Waals surface area contributed by atoms with Gasteiger partial charge in [0, 0.05) is 18.2 Å². The molecular weight excluding hydrogens is 301 g/mol. The first-order valence-corrected chi connectivity index (χ1v) is 7.86. The number of hydrogen-bond donors (Lipinski definition) is 1. The maximum Gasteiger partial charge on any atom is 0.148 e. The van der Waals surface area contributed by atoms with Crippen LogP contribution in [0.15, 0.2) is 36.4 Å². The molecule has 1 aromatic carbocycles. The number of hydrogen-bond acceptors (Lipinski definition) is 5. The first kappa shape index (κ1) is 14.7. The first-order chi connectivity index (χ1) is 10.8. The Morgan fingerprint density at radius 1 is 1.18 bits per heavy atom. The minimum Gasteiger partial charge on any atom is -0.493 e. The summed E-state index contributed by atoms with van der Waals surface area (Å²) in [6.07, 6.45) is 0.418. The van der Waals surface area contributed by atoms with Crippen LogP contribution >= 0.6 is 11.3 Å². The van der Waals surface area contributed by atoms with Crippen LogP contribution in [0.3, 0.4) is 0 Å². The maximum absolute atomic E-state index is 12.1. The highest BCUT2D eigenvalue weighted by Gasteiger charge is 2.07. The Balaban J connectivity index is 1.85. The molecule has 0 aliphatic heterocycles. The Labute approximate surface area is 132 Å². The van der Waals surface area contributed by atoms with Crippen molar-refractivity contribution in [3.05, 3.63) is 36.4 Å². The van der Waals surface area contributed by atoms with E-state index in [0.717, 1.165) is 32.2 Å². The monoisotopic (exact) mass is 317 g/mol. The SMILES string of the molecule is CNc1ccc(-c2cc3ccc(OCCCF)cc3s2)nn1. The van der Waals surface area contributed by atoms with Crippen molar-refractivity contribution in [2.45, 2.75) is 6.42 Å². The number of fused-ring (bicyclic) bond motifs is 1. The molecule has 0 aliphatic rings. The minimum atomic E-state index is -0.354. The lowest BCUT2D eigenvalue weighted by Crippen LogP contribution is -1.97. The lowest BCUT2D eigenvalue weighted by molar-refractivity contribution is 0.290. The molecule has 3 aromatic rings. The minimum absolute atomic E-state index is 0.354. The fourth-order valence-electron chi connectivity index (χ4n) is 2.07. The number of nitrogens with zero attached hydrogens (tertiary/aromatic N) is 2. The van der Waals surface area contributed by atoms with E-state index in [1.165, 1.54) is 0 Å². The van der Waals surface area contributed by atoms with Crippen LogP contribution in [0.2, 0.25) is 0 Å². The summed E-state index contributed by atoms with van der Waals surface area (Å²) in [5, 5.41) is 12.4. The van der Waals surface area contributed by atoms with Crippen LogP contribution in [0.1, 0.15) is 6.42 Å². The lowest BCUT2D eigenvalue weighted by Gasteiger charge is -2.03. The molecule has 0 radical (unpaired) electrons. The number of anilines is 1. The number of benzene rings is 1. The van der Waals surface area contributed by atoms with Gasteiger partial charge in [-0.3, -0.25) is 4.39 Å². The van der Waals surface area contributed by atoms with Gasteiger partial charge in [-0.05, 0) is 41.8 Å². The summed E-state index contributed by atoms with van der Waals surface area (Å²) in [7, 11) is 1.81. The largest absolute Gasteiger partial charge is 0.493 e. The van der Waals surface area contributed by atoms with E-state index in [2.05, 4.69) is 21.6 Å². The van der Waals surface area contributed by atoms with Crippen molar-refractivity contribution < 1.29 is 9.13 Å². The third-order valence-corrected chi connectivity index (χ3v) is 4.33. The van der Waals surface area contributed by atoms with Gasteiger partial charge in [0.05, 0.1) is 18.2 Å². The molecule has 0 saturated carbocycles. The number of ether oxygens (including phenoxy) is 1. The predicted octanol–water partition coefficient (Wildman–Crippen LogP) is 4.14. The second kappa shape index (κ2) is 6.70. The molecule has 114 valence electrons. The number of nitrogens with one attached hydrogen (secondary N) is 1. The number of aromatic nitrogens is 2. The zero-order valence-electron chi connectivity index (χ0n) is 12.2. The van der Waals surface area contributed by atoms with Gasteiger partial charge < -0.3 is 10.1 Å². The van der Waals surface area contributed by atoms with Gasteiger partial charge in [0.2, 0.25) is 0 Å². The number of thiophene rings is 1. The Morgan fingerprint density at radius 3 is 2.82 bits per heavy atom. The van der Waals surface area contributed by atoms with Crippen LogP contribution < -0.4 is 10.1 Å². The molecule has 2 heterocycles. The van der Waals surface area contributed by atoms with E-state index < -0.39 is 0 Å². The van der Waals surface area contributed by atoms with Gasteiger partial charge >= 0.3 is 0 Å². The summed E-state index contributed by atoms with van der Waals surface area (Å²) in [5.74, 6) is 1.51. The van der Waals surface area contributed by atoms with Gasteiger partial charge in [-0.25, -0.2) is 0 Å². The van der Waals surface area contributed by atoms with Crippen molar-refractivity contribution in [2.24, 2.45) is 0 Å². The van der Waals surface area contributed by atoms with E-state index in [-0.39, 0.29) is 6.67 Å². The molecular formula is C16H16FN3OS. The molecule has 0 amide bonds. The average Bonchev–Trinajstić information content (AvgIpc) is 2.98. The van der Waals surface area contributed by atoms with Gasteiger partial charge in [0.1, 0.15) is 17.3 Å². The molecule has 0 saturated heterocycles. The Morgan fingerprint density at radius 2 is 2.09 bits per heavy atom. The molecule has 6 heteroatoms. The standard InChI is InChI=1S/C16H16FN3OS/c1-18-16-6-5-13(19-20-16)15-9-11-3-4-12(10-14(11)22-15)21-8-2-7-17/h3-6,9-10H,2,7-8H2,1H3,(H,18,20). The van der Waals surface area contributed by atoms with Crippen LogP contribution in [-0.4, -0.2) is 30.5 Å². The number of halogens is 1. The van der Waals surface area contributed by atoms with Crippen LogP contribution in [0.25, 0.3) is 20.7 Å². The van der Waals surface area contributed by atoms with Gasteiger partial charge in [-0.1, -0.05) is 0 Å². The average molecular weight is 317 g/mol. The van der Waals surface area contributed by atoms with E-state index in [1.54, 1.807) is 11.3 Å². The van der Waals surface area contributed by atoms with Crippen molar-refractivity contribution in [1.82, 2.24) is 10.2 Å². The topological polar surface area (TPSA) is 47.0 Å². The molecule has 0 unspecified atom stereocenters. The summed E-state index contributed by atoms with van der Waals surface area (Å²) in [6.45, 7) is 0.0455. The molecule has 0 aliphatic carbocycles. The van der Waals surface area contributed by atoms with Crippen LogP contribution in [0.5, 0.6) is 5.75 Å². The molecule has 0 bridgehead atoms. The molecule has 0 spiro atoms. The van der Waals surface area contributed by atoms with Crippen molar-refractivity contribution in [3.63, 3.8) is 0 Å². The van der Waals surface area contributed by atoms with Gasteiger partial charge in [0.25, 0.3) is 0 Å². The molecule has 4 nitrogen and oxygen atoms in total. The van der Waals surface area contributed by atoms with Gasteiger partial charge in [-0.15, -0.1) is 21.5 Å². The van der Waals surface area contributed by atoms with E-state index in [1.807, 2.05) is 37.4 Å². The molecule has 0 atom stereocenters. The zero-order valence-corrected chi connectivity index (χ0v) is 13.0. The molecule has 0 fully saturated rings. The summed E-state index contributed by atoms with van der Waals surface area (Å²) < 4.78 is 18.7. The van der Waals surface area contributed by atoms with Gasteiger partial charge in [0.15, 0.2) is 0 Å². The highest BCUT2D eigenvalue weighted by Crippen LogP contribution is 2.34. The maximum atomic E-state index is 12.1. The van der Waals surface area contributed by atoms with Crippen LogP contribution in [-0.2, 0) is 0 Å². The molecule has 2 aromatic heterocycles. The highest BCUT2D eigenvalue weighted by molar-refractivity contribution is 7.22. The first-order valence-electron chi connectivity index (χ1n) is 7.04. The molecule has 3 rings (SSSR count). The number of rotatable bonds is 6. The van der Waals surface area contributed by atoms with E-state index in [9.17, 15) is 4.39 Å². The Bertz CT molecular complexity index is 758. The second-order valence-electron chi connectivity index (χ2n) is 4.76.